The van der Waals surface area contributed by atoms with Gasteiger partial charge in [-0.15, -0.1) is 10.2 Å². The van der Waals surface area contributed by atoms with E-state index in [-0.39, 0.29) is 10.5 Å². The van der Waals surface area contributed by atoms with Gasteiger partial charge in [-0.25, -0.2) is 12.7 Å². The quantitative estimate of drug-likeness (QED) is 0.684. The molecule has 0 unspecified atom stereocenters. The van der Waals surface area contributed by atoms with Gasteiger partial charge >= 0.3 is 0 Å². The molecular weight excluding hydrogens is 384 g/mol. The highest BCUT2D eigenvalue weighted by Crippen LogP contribution is 2.20. The van der Waals surface area contributed by atoms with Crippen molar-refractivity contribution in [2.45, 2.75) is 11.3 Å². The van der Waals surface area contributed by atoms with Gasteiger partial charge in [0.15, 0.2) is 0 Å². The van der Waals surface area contributed by atoms with Crippen molar-refractivity contribution in [3.05, 3.63) is 70.7 Å². The molecule has 3 aromatic rings. The van der Waals surface area contributed by atoms with Crippen LogP contribution in [0.5, 0.6) is 0 Å². The van der Waals surface area contributed by atoms with Crippen molar-refractivity contribution < 1.29 is 13.2 Å². The number of nitrogens with zero attached hydrogens (tertiary/aromatic N) is 3. The van der Waals surface area contributed by atoms with Crippen LogP contribution in [-0.4, -0.2) is 42.9 Å². The summed E-state index contributed by atoms with van der Waals surface area (Å²) in [4.78, 5) is 12.5. The average molecular weight is 403 g/mol. The van der Waals surface area contributed by atoms with Crippen LogP contribution in [0.1, 0.15) is 20.9 Å². The minimum absolute atomic E-state index is 0.0576. The predicted molar refractivity (Wildman–Crippen MR) is 104 cm³/mol. The molecule has 1 heterocycles. The molecule has 1 N–H and O–H groups in total. The molecule has 2 aromatic carbocycles. The Morgan fingerprint density at radius 3 is 2.52 bits per heavy atom. The van der Waals surface area contributed by atoms with Gasteiger partial charge in [-0.1, -0.05) is 47.7 Å². The molecule has 0 saturated carbocycles. The van der Waals surface area contributed by atoms with E-state index in [1.165, 1.54) is 43.6 Å². The lowest BCUT2D eigenvalue weighted by atomic mass is 10.2. The van der Waals surface area contributed by atoms with Gasteiger partial charge in [-0.3, -0.25) is 10.1 Å². The van der Waals surface area contributed by atoms with Gasteiger partial charge in [-0.05, 0) is 23.8 Å². The fraction of sp³-hybridized carbons (Fsp3) is 0.167. The molecule has 27 heavy (non-hydrogen) atoms. The predicted octanol–water partition coefficient (Wildman–Crippen LogP) is 2.63. The van der Waals surface area contributed by atoms with E-state index in [4.69, 9.17) is 0 Å². The third-order valence-corrected chi connectivity index (χ3v) is 6.41. The number of rotatable bonds is 6. The molecule has 0 aliphatic carbocycles. The lowest BCUT2D eigenvalue weighted by Gasteiger charge is -2.12. The standard InChI is InChI=1S/C18H18N4O3S2/c1-22(2)27(24,25)15-10-6-9-14(12-15)17(23)19-18-21-20-16(26-18)11-13-7-4-3-5-8-13/h3-10,12H,11H2,1-2H3,(H,19,21,23). The summed E-state index contributed by atoms with van der Waals surface area (Å²) < 4.78 is 25.5. The molecule has 0 aliphatic rings. The molecule has 3 rings (SSSR count). The summed E-state index contributed by atoms with van der Waals surface area (Å²) in [6.07, 6.45) is 0.630. The monoisotopic (exact) mass is 402 g/mol. The number of carbonyl (C=O) groups excluding carboxylic acids is 1. The number of aromatic nitrogens is 2. The Labute approximate surface area is 161 Å². The van der Waals surface area contributed by atoms with Crippen molar-refractivity contribution in [2.24, 2.45) is 0 Å². The van der Waals surface area contributed by atoms with Crippen molar-refractivity contribution in [2.75, 3.05) is 19.4 Å². The first-order valence-corrected chi connectivity index (χ1v) is 10.3. The summed E-state index contributed by atoms with van der Waals surface area (Å²) in [5.41, 5.74) is 1.34. The number of sulfonamides is 1. The normalized spacial score (nSPS) is 11.5. The molecule has 1 aromatic heterocycles. The van der Waals surface area contributed by atoms with Crippen molar-refractivity contribution in [1.82, 2.24) is 14.5 Å². The Hall–Kier alpha value is -2.62. The second-order valence-corrected chi connectivity index (χ2v) is 9.15. The number of anilines is 1. The topological polar surface area (TPSA) is 92.3 Å². The minimum Gasteiger partial charge on any atom is -0.296 e. The second-order valence-electron chi connectivity index (χ2n) is 5.93. The molecule has 0 radical (unpaired) electrons. The minimum atomic E-state index is -3.61. The lowest BCUT2D eigenvalue weighted by Crippen LogP contribution is -2.22. The van der Waals surface area contributed by atoms with Crippen LogP contribution in [0.3, 0.4) is 0 Å². The molecule has 0 atom stereocenters. The summed E-state index contributed by atoms with van der Waals surface area (Å²) in [5.74, 6) is -0.437. The molecule has 9 heteroatoms. The SMILES string of the molecule is CN(C)S(=O)(=O)c1cccc(C(=O)Nc2nnc(Cc3ccccc3)s2)c1. The van der Waals surface area contributed by atoms with E-state index >= 15 is 0 Å². The molecule has 0 fully saturated rings. The maximum Gasteiger partial charge on any atom is 0.257 e. The fourth-order valence-electron chi connectivity index (χ4n) is 2.32. The maximum absolute atomic E-state index is 12.5. The number of carbonyl (C=O) groups is 1. The molecule has 140 valence electrons. The number of nitrogens with one attached hydrogen (secondary N) is 1. The van der Waals surface area contributed by atoms with E-state index in [0.29, 0.717) is 11.6 Å². The zero-order chi connectivity index (χ0) is 19.4. The van der Waals surface area contributed by atoms with Crippen molar-refractivity contribution in [3.63, 3.8) is 0 Å². The third kappa shape index (κ3) is 4.57. The van der Waals surface area contributed by atoms with Crippen molar-refractivity contribution >= 4 is 32.4 Å². The van der Waals surface area contributed by atoms with Gasteiger partial charge in [-0.2, -0.15) is 0 Å². The summed E-state index contributed by atoms with van der Waals surface area (Å²) in [5, 5.41) is 11.9. The van der Waals surface area contributed by atoms with Gasteiger partial charge in [0.2, 0.25) is 15.2 Å². The van der Waals surface area contributed by atoms with Crippen LogP contribution in [0, 0.1) is 0 Å². The largest absolute Gasteiger partial charge is 0.296 e. The number of amides is 1. The zero-order valence-corrected chi connectivity index (χ0v) is 16.4. The number of benzene rings is 2. The Morgan fingerprint density at radius 2 is 1.81 bits per heavy atom. The highest BCUT2D eigenvalue weighted by Gasteiger charge is 2.19. The first-order chi connectivity index (χ1) is 12.9. The van der Waals surface area contributed by atoms with Crippen LogP contribution >= 0.6 is 11.3 Å². The smallest absolute Gasteiger partial charge is 0.257 e. The summed E-state index contributed by atoms with van der Waals surface area (Å²) in [6.45, 7) is 0. The van der Waals surface area contributed by atoms with Crippen LogP contribution in [0.25, 0.3) is 0 Å². The molecule has 0 spiro atoms. The highest BCUT2D eigenvalue weighted by atomic mass is 32.2. The molecule has 1 amide bonds. The van der Waals surface area contributed by atoms with Crippen LogP contribution < -0.4 is 5.32 Å². The lowest BCUT2D eigenvalue weighted by molar-refractivity contribution is 0.102. The van der Waals surface area contributed by atoms with Crippen molar-refractivity contribution in [3.8, 4) is 0 Å². The van der Waals surface area contributed by atoms with Gasteiger partial charge in [0.1, 0.15) is 5.01 Å². The summed E-state index contributed by atoms with van der Waals surface area (Å²) in [6, 6.07) is 15.7. The Kier molecular flexibility index (Phi) is 5.64. The van der Waals surface area contributed by atoms with Gasteiger partial charge < -0.3 is 0 Å². The van der Waals surface area contributed by atoms with Gasteiger partial charge in [0.25, 0.3) is 5.91 Å². The van der Waals surface area contributed by atoms with Crippen LogP contribution in [0.15, 0.2) is 59.5 Å². The molecule has 0 aliphatic heterocycles. The summed E-state index contributed by atoms with van der Waals surface area (Å²) in [7, 11) is -0.724. The average Bonchev–Trinajstić information content (AvgIpc) is 3.09. The summed E-state index contributed by atoms with van der Waals surface area (Å²) >= 11 is 1.28. The van der Waals surface area contributed by atoms with E-state index in [1.54, 1.807) is 6.07 Å². The van der Waals surface area contributed by atoms with Crippen LogP contribution in [0.2, 0.25) is 0 Å². The molecule has 0 bridgehead atoms. The van der Waals surface area contributed by atoms with E-state index in [0.717, 1.165) is 14.9 Å². The molecule has 0 saturated heterocycles. The van der Waals surface area contributed by atoms with Gasteiger partial charge in [0, 0.05) is 26.1 Å². The molecular formula is C18H18N4O3S2. The van der Waals surface area contributed by atoms with E-state index in [1.807, 2.05) is 30.3 Å². The maximum atomic E-state index is 12.5. The highest BCUT2D eigenvalue weighted by molar-refractivity contribution is 7.89. The first kappa shape index (κ1) is 19.2. The van der Waals surface area contributed by atoms with Gasteiger partial charge in [0.05, 0.1) is 4.90 Å². The van der Waals surface area contributed by atoms with Crippen molar-refractivity contribution in [1.29, 1.82) is 0 Å². The van der Waals surface area contributed by atoms with E-state index in [9.17, 15) is 13.2 Å². The van der Waals surface area contributed by atoms with Crippen LogP contribution in [0.4, 0.5) is 5.13 Å². The van der Waals surface area contributed by atoms with E-state index in [2.05, 4.69) is 15.5 Å². The number of hydrogen-bond donors (Lipinski definition) is 1. The first-order valence-electron chi connectivity index (χ1n) is 8.06. The Bertz CT molecular complexity index is 1050. The van der Waals surface area contributed by atoms with Crippen LogP contribution in [-0.2, 0) is 16.4 Å². The van der Waals surface area contributed by atoms with E-state index < -0.39 is 15.9 Å². The Balaban J connectivity index is 1.73. The second kappa shape index (κ2) is 7.95. The number of hydrogen-bond acceptors (Lipinski definition) is 6. The Morgan fingerprint density at radius 1 is 1.07 bits per heavy atom. The fourth-order valence-corrected chi connectivity index (χ4v) is 4.04. The zero-order valence-electron chi connectivity index (χ0n) is 14.8. The third-order valence-electron chi connectivity index (χ3n) is 3.76. The molecule has 7 nitrogen and oxygen atoms in total.